The van der Waals surface area contributed by atoms with Gasteiger partial charge in [-0.3, -0.25) is 0 Å². The fourth-order valence-electron chi connectivity index (χ4n) is 1.51. The lowest BCUT2D eigenvalue weighted by molar-refractivity contribution is 0.0356. The molecule has 21 heavy (non-hydrogen) atoms. The van der Waals surface area contributed by atoms with Gasteiger partial charge in [-0.05, 0) is 18.5 Å². The third-order valence-electron chi connectivity index (χ3n) is 2.69. The molecule has 0 radical (unpaired) electrons. The lowest BCUT2D eigenvalue weighted by Gasteiger charge is -2.23. The van der Waals surface area contributed by atoms with Crippen LogP contribution in [0.4, 0.5) is 5.95 Å². The average Bonchev–Trinajstić information content (AvgIpc) is 2.97. The molecule has 0 fully saturated rings. The van der Waals surface area contributed by atoms with Gasteiger partial charge in [0.05, 0.1) is 5.60 Å². The highest BCUT2D eigenvalue weighted by Gasteiger charge is 2.20. The average molecular weight is 314 g/mol. The van der Waals surface area contributed by atoms with E-state index in [1.807, 2.05) is 0 Å². The zero-order valence-corrected chi connectivity index (χ0v) is 12.4. The fraction of sp³-hybridized carbons (Fsp3) is 0.545. The standard InChI is InChI=1S/C11H16ClN7O2/c1-11(20,3-4-21-2)5-14-9-16-8(12)17-10(18-9)19-7-13-6-15-19/h6-7,20H,3-5H2,1-2H3,(H,14,16,17,18). The Kier molecular flexibility index (Phi) is 4.99. The smallest absolute Gasteiger partial charge is 0.258 e. The number of rotatable bonds is 7. The molecule has 10 heteroatoms. The van der Waals surface area contributed by atoms with Crippen molar-refractivity contribution in [2.75, 3.05) is 25.6 Å². The maximum absolute atomic E-state index is 10.2. The number of ether oxygens (including phenoxy) is 1. The maximum Gasteiger partial charge on any atom is 0.258 e. The molecule has 0 aliphatic heterocycles. The molecular weight excluding hydrogens is 298 g/mol. The van der Waals surface area contributed by atoms with Crippen LogP contribution in [0.1, 0.15) is 13.3 Å². The first-order valence-electron chi connectivity index (χ1n) is 6.22. The first-order chi connectivity index (χ1) is 10.00. The van der Waals surface area contributed by atoms with Crippen molar-refractivity contribution in [3.8, 4) is 5.95 Å². The Hall–Kier alpha value is -1.84. The zero-order chi connectivity index (χ0) is 15.3. The van der Waals surface area contributed by atoms with Crippen molar-refractivity contribution in [1.82, 2.24) is 29.7 Å². The van der Waals surface area contributed by atoms with E-state index in [2.05, 4.69) is 30.4 Å². The van der Waals surface area contributed by atoms with Crippen LogP contribution in [0.25, 0.3) is 5.95 Å². The van der Waals surface area contributed by atoms with E-state index in [1.54, 1.807) is 14.0 Å². The minimum Gasteiger partial charge on any atom is -0.388 e. The van der Waals surface area contributed by atoms with Crippen LogP contribution >= 0.6 is 11.6 Å². The molecule has 2 N–H and O–H groups in total. The molecule has 0 aromatic carbocycles. The van der Waals surface area contributed by atoms with Gasteiger partial charge in [0, 0.05) is 26.7 Å². The van der Waals surface area contributed by atoms with Gasteiger partial charge in [0.25, 0.3) is 5.95 Å². The first kappa shape index (κ1) is 15.5. The van der Waals surface area contributed by atoms with Crippen molar-refractivity contribution >= 4 is 17.5 Å². The van der Waals surface area contributed by atoms with Gasteiger partial charge in [0.1, 0.15) is 12.7 Å². The van der Waals surface area contributed by atoms with Crippen LogP contribution in [0.15, 0.2) is 12.7 Å². The first-order valence-corrected chi connectivity index (χ1v) is 6.60. The molecule has 2 heterocycles. The van der Waals surface area contributed by atoms with Crippen molar-refractivity contribution in [1.29, 1.82) is 0 Å². The largest absolute Gasteiger partial charge is 0.388 e. The summed E-state index contributed by atoms with van der Waals surface area (Å²) >= 11 is 5.85. The van der Waals surface area contributed by atoms with Crippen molar-refractivity contribution in [3.63, 3.8) is 0 Å². The summed E-state index contributed by atoms with van der Waals surface area (Å²) < 4.78 is 6.31. The molecule has 0 bridgehead atoms. The number of anilines is 1. The van der Waals surface area contributed by atoms with E-state index in [0.29, 0.717) is 13.0 Å². The Morgan fingerprint density at radius 1 is 1.43 bits per heavy atom. The summed E-state index contributed by atoms with van der Waals surface area (Å²) in [6.07, 6.45) is 3.29. The minimum absolute atomic E-state index is 0.0227. The van der Waals surface area contributed by atoms with Gasteiger partial charge in [-0.25, -0.2) is 4.98 Å². The maximum atomic E-state index is 10.2. The van der Waals surface area contributed by atoms with E-state index in [9.17, 15) is 5.11 Å². The van der Waals surface area contributed by atoms with Crippen LogP contribution in [-0.2, 0) is 4.74 Å². The van der Waals surface area contributed by atoms with Crippen LogP contribution in [0.5, 0.6) is 0 Å². The fourth-order valence-corrected chi connectivity index (χ4v) is 1.67. The SMILES string of the molecule is COCCC(C)(O)CNc1nc(Cl)nc(-n2cncn2)n1. The number of hydrogen-bond donors (Lipinski definition) is 2. The molecule has 2 aromatic rings. The quantitative estimate of drug-likeness (QED) is 0.751. The highest BCUT2D eigenvalue weighted by molar-refractivity contribution is 6.28. The Labute approximate surface area is 126 Å². The van der Waals surface area contributed by atoms with Crippen LogP contribution in [0, 0.1) is 0 Å². The molecular formula is C11H16ClN7O2. The minimum atomic E-state index is -0.956. The van der Waals surface area contributed by atoms with E-state index in [-0.39, 0.29) is 23.7 Å². The summed E-state index contributed by atoms with van der Waals surface area (Å²) in [5.41, 5.74) is -0.956. The van der Waals surface area contributed by atoms with Gasteiger partial charge in [0.15, 0.2) is 0 Å². The molecule has 0 spiro atoms. The van der Waals surface area contributed by atoms with Gasteiger partial charge < -0.3 is 15.2 Å². The number of nitrogens with one attached hydrogen (secondary N) is 1. The lowest BCUT2D eigenvalue weighted by Crippen LogP contribution is -2.35. The van der Waals surface area contributed by atoms with Crippen molar-refractivity contribution in [2.24, 2.45) is 0 Å². The van der Waals surface area contributed by atoms with Gasteiger partial charge >= 0.3 is 0 Å². The highest BCUT2D eigenvalue weighted by Crippen LogP contribution is 2.12. The predicted molar refractivity (Wildman–Crippen MR) is 75.4 cm³/mol. The molecule has 2 aromatic heterocycles. The number of aliphatic hydroxyl groups is 1. The third kappa shape index (κ3) is 4.59. The molecule has 0 amide bonds. The second kappa shape index (κ2) is 6.74. The van der Waals surface area contributed by atoms with Crippen LogP contribution < -0.4 is 5.32 Å². The van der Waals surface area contributed by atoms with Crippen LogP contribution in [0.2, 0.25) is 5.28 Å². The number of methoxy groups -OCH3 is 1. The summed E-state index contributed by atoms with van der Waals surface area (Å²) in [7, 11) is 1.58. The van der Waals surface area contributed by atoms with Crippen molar-refractivity contribution < 1.29 is 9.84 Å². The van der Waals surface area contributed by atoms with Gasteiger partial charge in [-0.15, -0.1) is 0 Å². The number of aromatic nitrogens is 6. The van der Waals surface area contributed by atoms with Gasteiger partial charge in [0.2, 0.25) is 11.2 Å². The van der Waals surface area contributed by atoms with E-state index in [0.717, 1.165) is 0 Å². The Morgan fingerprint density at radius 3 is 2.90 bits per heavy atom. The summed E-state index contributed by atoms with van der Waals surface area (Å²) in [4.78, 5) is 15.9. The molecule has 0 saturated carbocycles. The Bertz CT molecular complexity index is 576. The zero-order valence-electron chi connectivity index (χ0n) is 11.7. The topological polar surface area (TPSA) is 111 Å². The van der Waals surface area contributed by atoms with E-state index in [4.69, 9.17) is 16.3 Å². The van der Waals surface area contributed by atoms with Crippen molar-refractivity contribution in [2.45, 2.75) is 18.9 Å². The van der Waals surface area contributed by atoms with E-state index >= 15 is 0 Å². The lowest BCUT2D eigenvalue weighted by atomic mass is 10.0. The molecule has 0 aliphatic rings. The molecule has 0 saturated heterocycles. The molecule has 1 unspecified atom stereocenters. The third-order valence-corrected chi connectivity index (χ3v) is 2.86. The Balaban J connectivity index is 2.07. The summed E-state index contributed by atoms with van der Waals surface area (Å²) in [6.45, 7) is 2.39. The number of nitrogens with zero attached hydrogens (tertiary/aromatic N) is 6. The van der Waals surface area contributed by atoms with E-state index < -0.39 is 5.60 Å². The van der Waals surface area contributed by atoms with Crippen LogP contribution in [0.3, 0.4) is 0 Å². The highest BCUT2D eigenvalue weighted by atomic mass is 35.5. The number of hydrogen-bond acceptors (Lipinski definition) is 8. The normalized spacial score (nSPS) is 13.9. The summed E-state index contributed by atoms with van der Waals surface area (Å²) in [5, 5.41) is 17.0. The van der Waals surface area contributed by atoms with Crippen LogP contribution in [-0.4, -0.2) is 60.7 Å². The second-order valence-corrected chi connectivity index (χ2v) is 5.00. The van der Waals surface area contributed by atoms with Crippen molar-refractivity contribution in [3.05, 3.63) is 17.9 Å². The Morgan fingerprint density at radius 2 is 2.24 bits per heavy atom. The molecule has 0 aliphatic carbocycles. The second-order valence-electron chi connectivity index (χ2n) is 4.66. The monoisotopic (exact) mass is 313 g/mol. The molecule has 114 valence electrons. The summed E-state index contributed by atoms with van der Waals surface area (Å²) in [5.74, 6) is 0.490. The molecule has 2 rings (SSSR count). The van der Waals surface area contributed by atoms with E-state index in [1.165, 1.54) is 17.3 Å². The predicted octanol–water partition coefficient (Wildman–Crippen LogP) is 0.305. The van der Waals surface area contributed by atoms with Gasteiger partial charge in [-0.1, -0.05) is 0 Å². The molecule has 1 atom stereocenters. The van der Waals surface area contributed by atoms with Gasteiger partial charge in [-0.2, -0.15) is 24.7 Å². The number of halogens is 1. The molecule has 9 nitrogen and oxygen atoms in total. The summed E-state index contributed by atoms with van der Waals surface area (Å²) in [6, 6.07) is 0.